The van der Waals surface area contributed by atoms with Crippen LogP contribution in [0.25, 0.3) is 5.69 Å². The summed E-state index contributed by atoms with van der Waals surface area (Å²) in [5, 5.41) is 20.0. The number of ether oxygens (including phenoxy) is 2. The monoisotopic (exact) mass is 503 g/mol. The Bertz CT molecular complexity index is 1380. The topological polar surface area (TPSA) is 109 Å². The van der Waals surface area contributed by atoms with Gasteiger partial charge in [0.1, 0.15) is 18.1 Å². The molecule has 4 aromatic rings. The van der Waals surface area contributed by atoms with E-state index in [4.69, 9.17) is 9.47 Å². The normalized spacial score (nSPS) is 13.6. The van der Waals surface area contributed by atoms with Gasteiger partial charge < -0.3 is 14.8 Å². The summed E-state index contributed by atoms with van der Waals surface area (Å²) in [5.74, 6) is 1.14. The second kappa shape index (κ2) is 10.6. The number of hydrogen-bond donors (Lipinski definition) is 1. The van der Waals surface area contributed by atoms with Crippen LogP contribution in [-0.2, 0) is 20.7 Å². The maximum absolute atomic E-state index is 12.9. The first-order valence-corrected chi connectivity index (χ1v) is 12.4. The van der Waals surface area contributed by atoms with Crippen molar-refractivity contribution in [3.05, 3.63) is 89.5 Å². The van der Waals surface area contributed by atoms with Crippen LogP contribution in [-0.4, -0.2) is 48.4 Å². The third-order valence-corrected chi connectivity index (χ3v) is 6.82. The number of nitrogens with zero attached hydrogens (tertiary/aromatic N) is 6. The van der Waals surface area contributed by atoms with Gasteiger partial charge in [-0.2, -0.15) is 9.78 Å². The lowest BCUT2D eigenvalue weighted by Gasteiger charge is -2.20. The molecule has 1 aliphatic heterocycles. The molecule has 0 bridgehead atoms. The highest BCUT2D eigenvalue weighted by Crippen LogP contribution is 2.29. The summed E-state index contributed by atoms with van der Waals surface area (Å²) < 4.78 is 14.4. The Morgan fingerprint density at radius 3 is 2.81 bits per heavy atom. The Morgan fingerprint density at radius 2 is 2.00 bits per heavy atom. The maximum atomic E-state index is 12.9. The van der Waals surface area contributed by atoms with E-state index in [0.717, 1.165) is 22.4 Å². The molecule has 0 spiro atoms. The molecule has 5 rings (SSSR count). The number of amides is 1. The fraction of sp³-hybridized carbons (Fsp3) is 0.240. The van der Waals surface area contributed by atoms with Crippen molar-refractivity contribution < 1.29 is 14.3 Å². The minimum absolute atomic E-state index is 0.127. The molecule has 0 radical (unpaired) electrons. The van der Waals surface area contributed by atoms with Gasteiger partial charge in [0.05, 0.1) is 17.6 Å². The van der Waals surface area contributed by atoms with E-state index < -0.39 is 0 Å². The van der Waals surface area contributed by atoms with Crippen LogP contribution < -0.4 is 5.32 Å². The van der Waals surface area contributed by atoms with Gasteiger partial charge in [0.15, 0.2) is 5.76 Å². The summed E-state index contributed by atoms with van der Waals surface area (Å²) in [6.45, 7) is 4.22. The number of carbonyl (C=O) groups is 1. The summed E-state index contributed by atoms with van der Waals surface area (Å²) >= 11 is 1.26. The number of benzene rings is 2. The number of allylic oxidation sites excluding steroid dienone is 1. The molecule has 1 aliphatic rings. The molecule has 0 fully saturated rings. The Morgan fingerprint density at radius 1 is 1.14 bits per heavy atom. The van der Waals surface area contributed by atoms with Crippen molar-refractivity contribution in [3.8, 4) is 5.69 Å². The first-order valence-electron chi connectivity index (χ1n) is 11.4. The molecule has 0 aliphatic carbocycles. The number of hydrogen-bond acceptors (Lipinski definition) is 8. The first kappa shape index (κ1) is 23.6. The summed E-state index contributed by atoms with van der Waals surface area (Å²) in [6.07, 6.45) is 3.88. The van der Waals surface area contributed by atoms with Crippen molar-refractivity contribution in [2.24, 2.45) is 0 Å². The highest BCUT2D eigenvalue weighted by Gasteiger charge is 2.26. The van der Waals surface area contributed by atoms with Crippen LogP contribution in [0.15, 0.2) is 78.0 Å². The predicted octanol–water partition coefficient (Wildman–Crippen LogP) is 3.84. The Kier molecular flexibility index (Phi) is 6.99. The van der Waals surface area contributed by atoms with Crippen LogP contribution in [0, 0.1) is 13.8 Å². The zero-order chi connectivity index (χ0) is 24.9. The van der Waals surface area contributed by atoms with E-state index in [9.17, 15) is 4.79 Å². The third-order valence-electron chi connectivity index (χ3n) is 5.90. The molecule has 11 heteroatoms. The third kappa shape index (κ3) is 5.10. The van der Waals surface area contributed by atoms with Crippen LogP contribution in [0.2, 0.25) is 0 Å². The highest BCUT2D eigenvalue weighted by molar-refractivity contribution is 7.99. The molecule has 1 amide bonds. The number of carbonyl (C=O) groups excluding carboxylic acids is 1. The zero-order valence-corrected chi connectivity index (χ0v) is 20.7. The number of nitrogens with one attached hydrogen (secondary N) is 1. The minimum Gasteiger partial charge on any atom is -0.462 e. The number of aryl methyl sites for hydroxylation is 1. The number of tetrazole rings is 1. The van der Waals surface area contributed by atoms with E-state index in [0.29, 0.717) is 23.2 Å². The molecule has 10 nitrogen and oxygen atoms in total. The first-order chi connectivity index (χ1) is 17.6. The fourth-order valence-corrected chi connectivity index (χ4v) is 4.61. The van der Waals surface area contributed by atoms with Crippen molar-refractivity contribution in [3.63, 3.8) is 0 Å². The number of aromatic nitrogens is 6. The molecule has 1 N–H and O–H groups in total. The molecular weight excluding hydrogens is 478 g/mol. The van der Waals surface area contributed by atoms with E-state index in [-0.39, 0.29) is 24.5 Å². The quantitative estimate of drug-likeness (QED) is 0.343. The average Bonchev–Trinajstić information content (AvgIpc) is 3.66. The number of rotatable bonds is 9. The van der Waals surface area contributed by atoms with Gasteiger partial charge in [0, 0.05) is 12.5 Å². The van der Waals surface area contributed by atoms with Crippen molar-refractivity contribution in [2.75, 3.05) is 17.9 Å². The molecular formula is C25H25N7O3S. The van der Waals surface area contributed by atoms with Gasteiger partial charge in [0.25, 0.3) is 0 Å². The predicted molar refractivity (Wildman–Crippen MR) is 135 cm³/mol. The van der Waals surface area contributed by atoms with Gasteiger partial charge in [-0.1, -0.05) is 54.2 Å². The van der Waals surface area contributed by atoms with Gasteiger partial charge in [-0.3, -0.25) is 4.79 Å². The van der Waals surface area contributed by atoms with E-state index in [1.807, 2.05) is 62.4 Å². The second-order valence-electron chi connectivity index (χ2n) is 8.24. The SMILES string of the molecule is Cc1cccc(-n2nnnc2SCC(=O)Nc2ccnn2C(Cc2ccccc2)C2=COCO2)c1C. The summed E-state index contributed by atoms with van der Waals surface area (Å²) in [6, 6.07) is 17.5. The smallest absolute Gasteiger partial charge is 0.235 e. The van der Waals surface area contributed by atoms with Gasteiger partial charge in [-0.25, -0.2) is 4.68 Å². The summed E-state index contributed by atoms with van der Waals surface area (Å²) in [4.78, 5) is 12.9. The van der Waals surface area contributed by atoms with Crippen LogP contribution in [0.1, 0.15) is 22.7 Å². The average molecular weight is 504 g/mol. The van der Waals surface area contributed by atoms with E-state index in [1.165, 1.54) is 11.8 Å². The van der Waals surface area contributed by atoms with Gasteiger partial charge in [-0.15, -0.1) is 5.10 Å². The van der Waals surface area contributed by atoms with Gasteiger partial charge in [-0.05, 0) is 47.0 Å². The number of anilines is 1. The van der Waals surface area contributed by atoms with E-state index >= 15 is 0 Å². The van der Waals surface area contributed by atoms with Crippen molar-refractivity contribution in [1.82, 2.24) is 30.0 Å². The lowest BCUT2D eigenvalue weighted by molar-refractivity contribution is -0.113. The Labute approximate surface area is 212 Å². The highest BCUT2D eigenvalue weighted by atomic mass is 32.2. The molecule has 2 aromatic carbocycles. The molecule has 3 heterocycles. The lowest BCUT2D eigenvalue weighted by atomic mass is 10.0. The van der Waals surface area contributed by atoms with Crippen molar-refractivity contribution in [1.29, 1.82) is 0 Å². The zero-order valence-electron chi connectivity index (χ0n) is 19.9. The standard InChI is InChI=1S/C25H25N7O3S/c1-17-7-6-10-20(18(17)2)32-25(28-29-30-32)36-15-24(33)27-23-11-12-26-31(23)21(22-14-34-16-35-22)13-19-8-4-3-5-9-19/h3-12,14,21H,13,15-16H2,1-2H3,(H,27,33). The maximum Gasteiger partial charge on any atom is 0.235 e. The van der Waals surface area contributed by atoms with E-state index in [2.05, 4.69) is 25.9 Å². The molecule has 36 heavy (non-hydrogen) atoms. The summed E-state index contributed by atoms with van der Waals surface area (Å²) in [5.41, 5.74) is 4.22. The molecule has 1 unspecified atom stereocenters. The van der Waals surface area contributed by atoms with Gasteiger partial charge in [0.2, 0.25) is 17.9 Å². The molecule has 0 saturated heterocycles. The second-order valence-corrected chi connectivity index (χ2v) is 9.19. The fourth-order valence-electron chi connectivity index (χ4n) is 3.93. The molecule has 1 atom stereocenters. The largest absolute Gasteiger partial charge is 0.462 e. The summed E-state index contributed by atoms with van der Waals surface area (Å²) in [7, 11) is 0. The molecule has 0 saturated carbocycles. The van der Waals surface area contributed by atoms with Crippen LogP contribution in [0.5, 0.6) is 0 Å². The Balaban J connectivity index is 1.29. The van der Waals surface area contributed by atoms with Crippen LogP contribution >= 0.6 is 11.8 Å². The van der Waals surface area contributed by atoms with E-state index in [1.54, 1.807) is 27.9 Å². The van der Waals surface area contributed by atoms with Gasteiger partial charge >= 0.3 is 0 Å². The minimum atomic E-state index is -0.274. The van der Waals surface area contributed by atoms with Crippen LogP contribution in [0.4, 0.5) is 5.82 Å². The molecule has 184 valence electrons. The Hall–Kier alpha value is -4.12. The lowest BCUT2D eigenvalue weighted by Crippen LogP contribution is -2.22. The van der Waals surface area contributed by atoms with Crippen LogP contribution in [0.3, 0.4) is 0 Å². The van der Waals surface area contributed by atoms with Crippen molar-refractivity contribution >= 4 is 23.5 Å². The number of thioether (sulfide) groups is 1. The van der Waals surface area contributed by atoms with Crippen molar-refractivity contribution in [2.45, 2.75) is 31.5 Å². The molecule has 2 aromatic heterocycles.